The predicted molar refractivity (Wildman–Crippen MR) is 70.1 cm³/mol. The number of nitrogens with two attached hydrogens (primary N) is 1. The summed E-state index contributed by atoms with van der Waals surface area (Å²) < 4.78 is 38.2. The van der Waals surface area contributed by atoms with E-state index in [1.807, 2.05) is 6.92 Å². The lowest BCUT2D eigenvalue weighted by atomic mass is 10.0. The average molecular weight is 287 g/mol. The maximum atomic E-state index is 12.7. The largest absolute Gasteiger partial charge is 0.416 e. The van der Waals surface area contributed by atoms with Gasteiger partial charge in [-0.3, -0.25) is 15.1 Å². The Balaban J connectivity index is 2.77. The van der Waals surface area contributed by atoms with Gasteiger partial charge in [-0.2, -0.15) is 13.2 Å². The number of alkyl halides is 3. The van der Waals surface area contributed by atoms with Crippen LogP contribution in [0.2, 0.25) is 0 Å². The summed E-state index contributed by atoms with van der Waals surface area (Å²) in [6.07, 6.45) is -4.13. The zero-order valence-electron chi connectivity index (χ0n) is 11.0. The van der Waals surface area contributed by atoms with Crippen LogP contribution in [0, 0.1) is 0 Å². The van der Waals surface area contributed by atoms with Crippen molar-refractivity contribution in [2.45, 2.75) is 25.9 Å². The zero-order valence-corrected chi connectivity index (χ0v) is 11.0. The van der Waals surface area contributed by atoms with Gasteiger partial charge in [0.25, 0.3) is 0 Å². The predicted octanol–water partition coefficient (Wildman–Crippen LogP) is 2.09. The first-order chi connectivity index (χ1) is 9.34. The van der Waals surface area contributed by atoms with Crippen LogP contribution in [0.5, 0.6) is 0 Å². The molecule has 1 rings (SSSR count). The first-order valence-corrected chi connectivity index (χ1v) is 6.09. The molecule has 1 aromatic carbocycles. The van der Waals surface area contributed by atoms with Gasteiger partial charge in [0, 0.05) is 6.54 Å². The first kappa shape index (κ1) is 16.0. The van der Waals surface area contributed by atoms with Crippen LogP contribution in [0.1, 0.15) is 24.5 Å². The summed E-state index contributed by atoms with van der Waals surface area (Å²) in [5, 5.41) is 2.26. The molecule has 0 aromatic heterocycles. The van der Waals surface area contributed by atoms with E-state index >= 15 is 0 Å². The number of amides is 1. The number of nitrogens with one attached hydrogen (secondary N) is 1. The standard InChI is InChI=1S/C13H16F3N3O/c1-2-7-18-12(17)19-11(20)8-9-5-3-4-6-10(9)13(14,15)16/h3-6H,2,7-8H2,1H3,(H3,17,18,19,20). The molecule has 0 fully saturated rings. The second-order valence-corrected chi connectivity index (χ2v) is 4.15. The summed E-state index contributed by atoms with van der Waals surface area (Å²) in [6, 6.07) is 4.94. The van der Waals surface area contributed by atoms with Crippen molar-refractivity contribution >= 4 is 11.9 Å². The molecule has 0 bridgehead atoms. The van der Waals surface area contributed by atoms with Crippen LogP contribution < -0.4 is 11.1 Å². The van der Waals surface area contributed by atoms with E-state index in [4.69, 9.17) is 5.73 Å². The Labute approximate surface area is 114 Å². The summed E-state index contributed by atoms with van der Waals surface area (Å²) in [5.74, 6) is -0.708. The minimum Gasteiger partial charge on any atom is -0.370 e. The Morgan fingerprint density at radius 2 is 2.00 bits per heavy atom. The zero-order chi connectivity index (χ0) is 15.2. The third kappa shape index (κ3) is 4.91. The molecule has 1 amide bonds. The minimum absolute atomic E-state index is 0.0821. The van der Waals surface area contributed by atoms with Gasteiger partial charge in [-0.25, -0.2) is 0 Å². The SMILES string of the molecule is CCCN=C(N)NC(=O)Cc1ccccc1C(F)(F)F. The molecule has 0 aliphatic rings. The van der Waals surface area contributed by atoms with Crippen LogP contribution in [-0.2, 0) is 17.4 Å². The quantitative estimate of drug-likeness (QED) is 0.657. The van der Waals surface area contributed by atoms with E-state index in [1.54, 1.807) is 0 Å². The molecule has 0 saturated carbocycles. The Kier molecular flexibility index (Phi) is 5.54. The molecule has 0 aliphatic heterocycles. The van der Waals surface area contributed by atoms with Crippen molar-refractivity contribution in [3.8, 4) is 0 Å². The summed E-state index contributed by atoms with van der Waals surface area (Å²) in [7, 11) is 0. The van der Waals surface area contributed by atoms with Gasteiger partial charge in [0.2, 0.25) is 5.91 Å². The smallest absolute Gasteiger partial charge is 0.370 e. The molecule has 0 unspecified atom stereocenters. The fourth-order valence-corrected chi connectivity index (χ4v) is 1.58. The highest BCUT2D eigenvalue weighted by Crippen LogP contribution is 2.31. The molecule has 0 saturated heterocycles. The molecule has 0 aliphatic carbocycles. The molecule has 0 spiro atoms. The minimum atomic E-state index is -4.49. The average Bonchev–Trinajstić information content (AvgIpc) is 2.35. The number of benzene rings is 1. The molecule has 0 atom stereocenters. The van der Waals surface area contributed by atoms with Gasteiger partial charge in [0.15, 0.2) is 5.96 Å². The number of halogens is 3. The van der Waals surface area contributed by atoms with Crippen molar-refractivity contribution in [3.05, 3.63) is 35.4 Å². The second-order valence-electron chi connectivity index (χ2n) is 4.15. The van der Waals surface area contributed by atoms with Crippen LogP contribution in [0.15, 0.2) is 29.3 Å². The number of aliphatic imine (C=N–C) groups is 1. The number of hydrogen-bond acceptors (Lipinski definition) is 2. The highest BCUT2D eigenvalue weighted by molar-refractivity contribution is 5.97. The van der Waals surface area contributed by atoms with Crippen molar-refractivity contribution in [1.82, 2.24) is 5.32 Å². The van der Waals surface area contributed by atoms with E-state index in [9.17, 15) is 18.0 Å². The molecular weight excluding hydrogens is 271 g/mol. The fraction of sp³-hybridized carbons (Fsp3) is 0.385. The van der Waals surface area contributed by atoms with Crippen molar-refractivity contribution in [2.24, 2.45) is 10.7 Å². The third-order valence-corrected chi connectivity index (χ3v) is 2.45. The molecule has 1 aromatic rings. The summed E-state index contributed by atoms with van der Waals surface area (Å²) in [5.41, 5.74) is 4.52. The molecule has 4 nitrogen and oxygen atoms in total. The van der Waals surface area contributed by atoms with Crippen molar-refractivity contribution in [1.29, 1.82) is 0 Å². The normalized spacial score (nSPS) is 12.3. The molecule has 110 valence electrons. The fourth-order valence-electron chi connectivity index (χ4n) is 1.58. The molecular formula is C13H16F3N3O. The molecule has 0 heterocycles. The van der Waals surface area contributed by atoms with Crippen molar-refractivity contribution < 1.29 is 18.0 Å². The van der Waals surface area contributed by atoms with Gasteiger partial charge < -0.3 is 5.73 Å². The molecule has 7 heteroatoms. The van der Waals surface area contributed by atoms with Gasteiger partial charge in [-0.05, 0) is 18.1 Å². The molecule has 0 radical (unpaired) electrons. The Hall–Kier alpha value is -2.05. The molecule has 20 heavy (non-hydrogen) atoms. The van der Waals surface area contributed by atoms with E-state index in [0.717, 1.165) is 12.5 Å². The lowest BCUT2D eigenvalue weighted by Crippen LogP contribution is -2.38. The van der Waals surface area contributed by atoms with Gasteiger partial charge in [0.05, 0.1) is 12.0 Å². The number of hydrogen-bond donors (Lipinski definition) is 2. The Morgan fingerprint density at radius 3 is 2.60 bits per heavy atom. The van der Waals surface area contributed by atoms with E-state index in [0.29, 0.717) is 6.54 Å². The van der Waals surface area contributed by atoms with E-state index in [-0.39, 0.29) is 11.5 Å². The molecule has 3 N–H and O–H groups in total. The number of carbonyl (C=O) groups is 1. The second kappa shape index (κ2) is 6.93. The number of nitrogens with zero attached hydrogens (tertiary/aromatic N) is 1. The van der Waals surface area contributed by atoms with Crippen molar-refractivity contribution in [3.63, 3.8) is 0 Å². The Morgan fingerprint density at radius 1 is 1.35 bits per heavy atom. The van der Waals surface area contributed by atoms with Crippen LogP contribution in [0.4, 0.5) is 13.2 Å². The van der Waals surface area contributed by atoms with Gasteiger partial charge >= 0.3 is 6.18 Å². The topological polar surface area (TPSA) is 67.5 Å². The summed E-state index contributed by atoms with van der Waals surface area (Å²) in [4.78, 5) is 15.5. The number of rotatable bonds is 4. The lowest BCUT2D eigenvalue weighted by Gasteiger charge is -2.12. The summed E-state index contributed by atoms with van der Waals surface area (Å²) in [6.45, 7) is 2.34. The van der Waals surface area contributed by atoms with E-state index in [1.165, 1.54) is 18.2 Å². The number of guanidine groups is 1. The van der Waals surface area contributed by atoms with Crippen LogP contribution >= 0.6 is 0 Å². The first-order valence-electron chi connectivity index (χ1n) is 6.09. The van der Waals surface area contributed by atoms with Gasteiger partial charge in [-0.1, -0.05) is 25.1 Å². The van der Waals surface area contributed by atoms with Gasteiger partial charge in [0.1, 0.15) is 0 Å². The Bertz CT molecular complexity index is 498. The van der Waals surface area contributed by atoms with E-state index < -0.39 is 24.1 Å². The van der Waals surface area contributed by atoms with E-state index in [2.05, 4.69) is 10.3 Å². The maximum Gasteiger partial charge on any atom is 0.416 e. The van der Waals surface area contributed by atoms with Gasteiger partial charge in [-0.15, -0.1) is 0 Å². The highest BCUT2D eigenvalue weighted by Gasteiger charge is 2.33. The highest BCUT2D eigenvalue weighted by atomic mass is 19.4. The monoisotopic (exact) mass is 287 g/mol. The lowest BCUT2D eigenvalue weighted by molar-refractivity contribution is -0.138. The third-order valence-electron chi connectivity index (χ3n) is 2.45. The van der Waals surface area contributed by atoms with Crippen LogP contribution in [0.3, 0.4) is 0 Å². The van der Waals surface area contributed by atoms with Crippen LogP contribution in [-0.4, -0.2) is 18.4 Å². The number of carbonyl (C=O) groups excluding carboxylic acids is 1. The summed E-state index contributed by atoms with van der Waals surface area (Å²) >= 11 is 0. The van der Waals surface area contributed by atoms with Crippen molar-refractivity contribution in [2.75, 3.05) is 6.54 Å². The maximum absolute atomic E-state index is 12.7. The van der Waals surface area contributed by atoms with Crippen LogP contribution in [0.25, 0.3) is 0 Å².